The number of carbonyl (C=O) groups excluding carboxylic acids is 5. The van der Waals surface area contributed by atoms with Gasteiger partial charge >= 0.3 is 0 Å². The van der Waals surface area contributed by atoms with Gasteiger partial charge in [0.1, 0.15) is 6.54 Å². The Morgan fingerprint density at radius 2 is 1.30 bits per heavy atom. The molecular weight excluding hydrogens is 580 g/mol. The number of carbonyl (C=O) groups is 5. The maximum Gasteiger partial charge on any atom is 0.262 e. The van der Waals surface area contributed by atoms with E-state index in [1.54, 1.807) is 34.1 Å². The molecule has 9 nitrogen and oxygen atoms in total. The molecule has 0 aromatic heterocycles. The summed E-state index contributed by atoms with van der Waals surface area (Å²) in [6.45, 7) is -0.132. The van der Waals surface area contributed by atoms with Crippen molar-refractivity contribution in [1.29, 1.82) is 0 Å². The van der Waals surface area contributed by atoms with Crippen LogP contribution in [-0.2, 0) is 27.3 Å². The molecule has 1 fully saturated rings. The lowest BCUT2D eigenvalue weighted by Gasteiger charge is -2.31. The zero-order valence-electron chi connectivity index (χ0n) is 25.1. The van der Waals surface area contributed by atoms with Crippen molar-refractivity contribution in [3.8, 4) is 0 Å². The van der Waals surface area contributed by atoms with E-state index < -0.39 is 30.2 Å². The molecule has 5 amide bonds. The fourth-order valence-corrected chi connectivity index (χ4v) is 6.87. The van der Waals surface area contributed by atoms with Gasteiger partial charge in [-0.2, -0.15) is 0 Å². The number of anilines is 3. The number of fused-ring (bicyclic) bond motifs is 3. The fourth-order valence-electron chi connectivity index (χ4n) is 6.87. The number of para-hydroxylation sites is 2. The van der Waals surface area contributed by atoms with Gasteiger partial charge in [-0.25, -0.2) is 0 Å². The molecule has 0 spiro atoms. The Balaban J connectivity index is 1.13. The molecule has 9 heteroatoms. The van der Waals surface area contributed by atoms with Crippen LogP contribution in [0.25, 0.3) is 0 Å². The van der Waals surface area contributed by atoms with Crippen molar-refractivity contribution in [2.45, 2.75) is 38.3 Å². The van der Waals surface area contributed by atoms with Gasteiger partial charge in [0.25, 0.3) is 11.8 Å². The zero-order chi connectivity index (χ0) is 31.8. The fraction of sp³-hybridized carbons (Fsp3) is 0.216. The summed E-state index contributed by atoms with van der Waals surface area (Å²) in [6.07, 6.45) is 2.33. The van der Waals surface area contributed by atoms with Crippen LogP contribution in [0.2, 0.25) is 0 Å². The van der Waals surface area contributed by atoms with E-state index in [1.807, 2.05) is 78.9 Å². The Kier molecular flexibility index (Phi) is 7.66. The van der Waals surface area contributed by atoms with Gasteiger partial charge in [-0.05, 0) is 60.4 Å². The molecule has 3 aliphatic rings. The van der Waals surface area contributed by atoms with Gasteiger partial charge in [0.2, 0.25) is 17.7 Å². The van der Waals surface area contributed by atoms with E-state index in [1.165, 1.54) is 0 Å². The minimum absolute atomic E-state index is 0.0637. The number of amides is 5. The third kappa shape index (κ3) is 5.34. The number of imide groups is 1. The van der Waals surface area contributed by atoms with Crippen molar-refractivity contribution < 1.29 is 24.0 Å². The Bertz CT molecular complexity index is 1820. The standard InChI is InChI=1S/C37H32N4O5/c42-33(21-24-9-2-1-3-10-24)38-26-19-17-25(18-20-26)22-39-31-14-6-7-15-32(31)41(30-16-8-13-29(30)37(39)46)34(43)23-40-35(44)27-11-4-5-12-28(27)36(40)45/h1-7,9-12,14-15,17-20,29-30H,8,13,16,21-23H2,(H,38,42)/t29-,30+/m0/s1. The lowest BCUT2D eigenvalue weighted by molar-refractivity contribution is -0.123. The minimum Gasteiger partial charge on any atom is -0.326 e. The van der Waals surface area contributed by atoms with E-state index in [0.29, 0.717) is 41.0 Å². The first-order chi connectivity index (χ1) is 22.4. The van der Waals surface area contributed by atoms with E-state index in [2.05, 4.69) is 5.32 Å². The highest BCUT2D eigenvalue weighted by molar-refractivity contribution is 6.23. The molecule has 46 heavy (non-hydrogen) atoms. The predicted octanol–water partition coefficient (Wildman–Crippen LogP) is 5.21. The highest BCUT2D eigenvalue weighted by atomic mass is 16.2. The van der Waals surface area contributed by atoms with Crippen molar-refractivity contribution in [3.63, 3.8) is 0 Å². The van der Waals surface area contributed by atoms with Crippen LogP contribution in [0, 0.1) is 5.92 Å². The van der Waals surface area contributed by atoms with E-state index in [0.717, 1.165) is 22.4 Å². The summed E-state index contributed by atoms with van der Waals surface area (Å²) in [4.78, 5) is 71.4. The summed E-state index contributed by atoms with van der Waals surface area (Å²) >= 11 is 0. The van der Waals surface area contributed by atoms with Gasteiger partial charge in [-0.15, -0.1) is 0 Å². The molecule has 230 valence electrons. The number of rotatable bonds is 7. The molecule has 2 aliphatic heterocycles. The number of benzene rings is 4. The van der Waals surface area contributed by atoms with Crippen molar-refractivity contribution >= 4 is 46.6 Å². The van der Waals surface area contributed by atoms with E-state index in [-0.39, 0.29) is 30.8 Å². The van der Waals surface area contributed by atoms with E-state index in [4.69, 9.17) is 0 Å². The molecule has 0 bridgehead atoms. The van der Waals surface area contributed by atoms with Gasteiger partial charge in [0.05, 0.1) is 41.4 Å². The first kappa shape index (κ1) is 29.2. The lowest BCUT2D eigenvalue weighted by Crippen LogP contribution is -2.49. The topological polar surface area (TPSA) is 107 Å². The molecule has 0 saturated heterocycles. The SMILES string of the molecule is O=C(Cc1ccccc1)Nc1ccc(CN2C(=O)[C@H]3CCC[C@H]3N(C(=O)CN3C(=O)c4ccccc4C3=O)c3ccccc32)cc1. The van der Waals surface area contributed by atoms with Gasteiger partial charge in [0.15, 0.2) is 0 Å². The summed E-state index contributed by atoms with van der Waals surface area (Å²) in [7, 11) is 0. The van der Waals surface area contributed by atoms with Crippen LogP contribution in [0.15, 0.2) is 103 Å². The largest absolute Gasteiger partial charge is 0.326 e. The van der Waals surface area contributed by atoms with E-state index >= 15 is 0 Å². The first-order valence-corrected chi connectivity index (χ1v) is 15.5. The molecule has 0 radical (unpaired) electrons. The maximum atomic E-state index is 14.2. The molecular formula is C37H32N4O5. The lowest BCUT2D eigenvalue weighted by atomic mass is 10.0. The van der Waals surface area contributed by atoms with Gasteiger partial charge in [0, 0.05) is 11.7 Å². The van der Waals surface area contributed by atoms with Crippen LogP contribution in [0.1, 0.15) is 51.1 Å². The van der Waals surface area contributed by atoms with Crippen molar-refractivity contribution in [1.82, 2.24) is 4.90 Å². The molecule has 4 aromatic rings. The van der Waals surface area contributed by atoms with Crippen molar-refractivity contribution in [2.75, 3.05) is 21.7 Å². The van der Waals surface area contributed by atoms with Crippen LogP contribution in [0.3, 0.4) is 0 Å². The Morgan fingerprint density at radius 3 is 2.00 bits per heavy atom. The molecule has 1 aliphatic carbocycles. The maximum absolute atomic E-state index is 14.2. The van der Waals surface area contributed by atoms with Crippen LogP contribution in [-0.4, -0.2) is 47.0 Å². The summed E-state index contributed by atoms with van der Waals surface area (Å²) in [5.74, 6) is -1.98. The third-order valence-corrected chi connectivity index (χ3v) is 9.05. The quantitative estimate of drug-likeness (QED) is 0.289. The second-order valence-corrected chi connectivity index (χ2v) is 11.9. The van der Waals surface area contributed by atoms with Crippen LogP contribution >= 0.6 is 0 Å². The highest BCUT2D eigenvalue weighted by Crippen LogP contribution is 2.43. The summed E-state index contributed by atoms with van der Waals surface area (Å²) in [5.41, 5.74) is 4.21. The summed E-state index contributed by atoms with van der Waals surface area (Å²) in [6, 6.07) is 30.4. The summed E-state index contributed by atoms with van der Waals surface area (Å²) < 4.78 is 0. The molecule has 2 heterocycles. The number of nitrogens with zero attached hydrogens (tertiary/aromatic N) is 3. The number of nitrogens with one attached hydrogen (secondary N) is 1. The predicted molar refractivity (Wildman–Crippen MR) is 173 cm³/mol. The molecule has 1 N–H and O–H groups in total. The smallest absolute Gasteiger partial charge is 0.262 e. The highest BCUT2D eigenvalue weighted by Gasteiger charge is 2.47. The number of hydrogen-bond donors (Lipinski definition) is 1. The summed E-state index contributed by atoms with van der Waals surface area (Å²) in [5, 5.41) is 2.93. The van der Waals surface area contributed by atoms with Crippen LogP contribution in [0.5, 0.6) is 0 Å². The normalized spacial score (nSPS) is 18.6. The second kappa shape index (κ2) is 12.1. The molecule has 1 saturated carbocycles. The average molecular weight is 613 g/mol. The second-order valence-electron chi connectivity index (χ2n) is 11.9. The zero-order valence-corrected chi connectivity index (χ0v) is 25.1. The van der Waals surface area contributed by atoms with Crippen LogP contribution < -0.4 is 15.1 Å². The Labute approximate surface area is 266 Å². The molecule has 7 rings (SSSR count). The average Bonchev–Trinajstić information content (AvgIpc) is 3.62. The third-order valence-electron chi connectivity index (χ3n) is 9.05. The number of hydrogen-bond acceptors (Lipinski definition) is 5. The Morgan fingerprint density at radius 1 is 0.674 bits per heavy atom. The van der Waals surface area contributed by atoms with Crippen molar-refractivity contribution in [3.05, 3.63) is 125 Å². The van der Waals surface area contributed by atoms with Gasteiger partial charge in [-0.3, -0.25) is 28.9 Å². The van der Waals surface area contributed by atoms with Gasteiger partial charge < -0.3 is 15.1 Å². The van der Waals surface area contributed by atoms with Crippen LogP contribution in [0.4, 0.5) is 17.1 Å². The first-order valence-electron chi connectivity index (χ1n) is 15.5. The van der Waals surface area contributed by atoms with Crippen molar-refractivity contribution in [2.24, 2.45) is 5.92 Å². The monoisotopic (exact) mass is 612 g/mol. The van der Waals surface area contributed by atoms with E-state index in [9.17, 15) is 24.0 Å². The molecule has 4 aromatic carbocycles. The Hall–Kier alpha value is -5.57. The minimum atomic E-state index is -0.488. The van der Waals surface area contributed by atoms with Gasteiger partial charge in [-0.1, -0.05) is 73.2 Å². The molecule has 0 unspecified atom stereocenters. The molecule has 2 atom stereocenters.